The van der Waals surface area contributed by atoms with Gasteiger partial charge in [-0.15, -0.1) is 10.2 Å². The molecule has 1 amide bonds. The minimum atomic E-state index is -0.890. The van der Waals surface area contributed by atoms with Crippen LogP contribution in [0.1, 0.15) is 36.0 Å². The number of ether oxygens (including phenoxy) is 2. The Bertz CT molecular complexity index is 1230. The molecule has 4 rings (SSSR count). The van der Waals surface area contributed by atoms with Gasteiger partial charge in [-0.3, -0.25) is 14.5 Å². The summed E-state index contributed by atoms with van der Waals surface area (Å²) in [6.45, 7) is 5.59. The third-order valence-corrected chi connectivity index (χ3v) is 5.91. The predicted octanol–water partition coefficient (Wildman–Crippen LogP) is 4.27. The quantitative estimate of drug-likeness (QED) is 0.329. The van der Waals surface area contributed by atoms with E-state index in [1.807, 2.05) is 13.8 Å². The number of carbonyl (C=O) groups is 2. The number of anilines is 1. The lowest BCUT2D eigenvalue weighted by Crippen LogP contribution is -2.29. The smallest absolute Gasteiger partial charge is 0.301 e. The Kier molecular flexibility index (Phi) is 6.15. The summed E-state index contributed by atoms with van der Waals surface area (Å²) >= 11 is 1.19. The lowest BCUT2D eigenvalue weighted by molar-refractivity contribution is -0.132. The van der Waals surface area contributed by atoms with Crippen molar-refractivity contribution in [1.29, 1.82) is 0 Å². The molecule has 1 N–H and O–H groups in total. The molecule has 1 aliphatic heterocycles. The molecule has 8 nitrogen and oxygen atoms in total. The SMILES string of the molecule is COc1cccc([C@H]2C(=C(O)c3ccc(OC(C)C)cc3)C(=O)C(=O)N2c2nnc(C)s2)c1. The van der Waals surface area contributed by atoms with Crippen molar-refractivity contribution in [2.24, 2.45) is 0 Å². The van der Waals surface area contributed by atoms with Gasteiger partial charge < -0.3 is 14.6 Å². The van der Waals surface area contributed by atoms with Gasteiger partial charge in [0.1, 0.15) is 22.3 Å². The van der Waals surface area contributed by atoms with E-state index in [9.17, 15) is 14.7 Å². The molecule has 33 heavy (non-hydrogen) atoms. The van der Waals surface area contributed by atoms with Crippen LogP contribution in [0.3, 0.4) is 0 Å². The number of aryl methyl sites for hydroxylation is 1. The predicted molar refractivity (Wildman–Crippen MR) is 125 cm³/mol. The second-order valence-electron chi connectivity index (χ2n) is 7.74. The summed E-state index contributed by atoms with van der Waals surface area (Å²) in [7, 11) is 1.53. The molecule has 170 valence electrons. The van der Waals surface area contributed by atoms with Crippen LogP contribution in [0.25, 0.3) is 5.76 Å². The van der Waals surface area contributed by atoms with Crippen LogP contribution in [0.5, 0.6) is 11.5 Å². The van der Waals surface area contributed by atoms with E-state index >= 15 is 0 Å². The third-order valence-electron chi connectivity index (χ3n) is 5.07. The Morgan fingerprint density at radius 3 is 2.42 bits per heavy atom. The number of amides is 1. The molecular weight excluding hydrogens is 442 g/mol. The highest BCUT2D eigenvalue weighted by atomic mass is 32.1. The minimum Gasteiger partial charge on any atom is -0.507 e. The second kappa shape index (κ2) is 9.03. The zero-order valence-corrected chi connectivity index (χ0v) is 19.4. The fourth-order valence-electron chi connectivity index (χ4n) is 3.66. The molecule has 0 spiro atoms. The molecule has 0 unspecified atom stereocenters. The first-order chi connectivity index (χ1) is 15.8. The summed E-state index contributed by atoms with van der Waals surface area (Å²) in [5, 5.41) is 20.2. The Balaban J connectivity index is 1.87. The molecule has 0 bridgehead atoms. The Labute approximate surface area is 195 Å². The molecule has 2 aromatic carbocycles. The van der Waals surface area contributed by atoms with Gasteiger partial charge in [0, 0.05) is 5.56 Å². The maximum absolute atomic E-state index is 13.2. The standard InChI is InChI=1S/C24H23N3O5S/c1-13(2)32-17-10-8-15(9-11-17)21(28)19-20(16-6-5-7-18(12-16)31-4)27(23(30)22(19)29)24-26-25-14(3)33-24/h5-13,20,28H,1-4H3/t20-/m0/s1. The van der Waals surface area contributed by atoms with Gasteiger partial charge in [-0.05, 0) is 62.7 Å². The molecule has 0 radical (unpaired) electrons. The van der Waals surface area contributed by atoms with Crippen LogP contribution in [0.15, 0.2) is 54.1 Å². The van der Waals surface area contributed by atoms with Crippen LogP contribution in [0, 0.1) is 6.92 Å². The normalized spacial score (nSPS) is 17.6. The van der Waals surface area contributed by atoms with Crippen molar-refractivity contribution in [2.75, 3.05) is 12.0 Å². The molecule has 1 atom stereocenters. The number of nitrogens with zero attached hydrogens (tertiary/aromatic N) is 3. The summed E-state index contributed by atoms with van der Waals surface area (Å²) in [5.41, 5.74) is 0.965. The number of rotatable bonds is 6. The molecule has 1 aliphatic rings. The first kappa shape index (κ1) is 22.5. The maximum atomic E-state index is 13.2. The van der Waals surface area contributed by atoms with E-state index in [1.54, 1.807) is 55.5 Å². The van der Waals surface area contributed by atoms with E-state index in [4.69, 9.17) is 9.47 Å². The van der Waals surface area contributed by atoms with E-state index in [0.717, 1.165) is 0 Å². The Hall–Kier alpha value is -3.72. The molecule has 0 saturated carbocycles. The first-order valence-electron chi connectivity index (χ1n) is 10.3. The molecule has 1 fully saturated rings. The van der Waals surface area contributed by atoms with Crippen molar-refractivity contribution in [1.82, 2.24) is 10.2 Å². The van der Waals surface area contributed by atoms with Crippen LogP contribution < -0.4 is 14.4 Å². The highest BCUT2D eigenvalue weighted by molar-refractivity contribution is 7.15. The van der Waals surface area contributed by atoms with Crippen LogP contribution in [-0.2, 0) is 9.59 Å². The van der Waals surface area contributed by atoms with Crippen LogP contribution in [-0.4, -0.2) is 40.2 Å². The van der Waals surface area contributed by atoms with Gasteiger partial charge >= 0.3 is 5.91 Å². The average Bonchev–Trinajstić information content (AvgIpc) is 3.34. The number of aliphatic hydroxyl groups excluding tert-OH is 1. The molecule has 9 heteroatoms. The minimum absolute atomic E-state index is 0.00167. The van der Waals surface area contributed by atoms with Gasteiger partial charge in [-0.2, -0.15) is 0 Å². The van der Waals surface area contributed by atoms with Gasteiger partial charge in [0.25, 0.3) is 5.78 Å². The number of Topliss-reactive ketones (excluding diaryl/α,β-unsaturated/α-hetero) is 1. The zero-order chi connectivity index (χ0) is 23.7. The molecule has 0 aliphatic carbocycles. The number of benzene rings is 2. The van der Waals surface area contributed by atoms with E-state index in [2.05, 4.69) is 10.2 Å². The molecule has 3 aromatic rings. The fraction of sp³-hybridized carbons (Fsp3) is 0.250. The molecule has 1 aromatic heterocycles. The van der Waals surface area contributed by atoms with Crippen molar-refractivity contribution in [3.63, 3.8) is 0 Å². The van der Waals surface area contributed by atoms with Crippen molar-refractivity contribution in [3.05, 3.63) is 70.2 Å². The fourth-order valence-corrected chi connectivity index (χ4v) is 4.37. The van der Waals surface area contributed by atoms with Crippen molar-refractivity contribution in [3.8, 4) is 11.5 Å². The molecule has 2 heterocycles. The largest absolute Gasteiger partial charge is 0.507 e. The van der Waals surface area contributed by atoms with Crippen molar-refractivity contribution < 1.29 is 24.2 Å². The lowest BCUT2D eigenvalue weighted by Gasteiger charge is -2.23. The summed E-state index contributed by atoms with van der Waals surface area (Å²) in [5.74, 6) is -0.658. The topological polar surface area (TPSA) is 102 Å². The number of ketones is 1. The summed E-state index contributed by atoms with van der Waals surface area (Å²) < 4.78 is 11.0. The highest BCUT2D eigenvalue weighted by Gasteiger charge is 2.48. The van der Waals surface area contributed by atoms with Crippen molar-refractivity contribution >= 4 is 33.9 Å². The monoisotopic (exact) mass is 465 g/mol. The number of methoxy groups -OCH3 is 1. The number of hydrogen-bond acceptors (Lipinski definition) is 8. The van der Waals surface area contributed by atoms with E-state index in [0.29, 0.717) is 27.6 Å². The Morgan fingerprint density at radius 2 is 1.82 bits per heavy atom. The van der Waals surface area contributed by atoms with E-state index < -0.39 is 17.7 Å². The summed E-state index contributed by atoms with van der Waals surface area (Å²) in [6, 6.07) is 12.8. The van der Waals surface area contributed by atoms with Gasteiger partial charge in [-0.1, -0.05) is 23.5 Å². The molecule has 1 saturated heterocycles. The van der Waals surface area contributed by atoms with E-state index in [-0.39, 0.29) is 22.6 Å². The average molecular weight is 466 g/mol. The number of carbonyl (C=O) groups excluding carboxylic acids is 2. The number of aromatic nitrogens is 2. The van der Waals surface area contributed by atoms with Crippen LogP contribution in [0.2, 0.25) is 0 Å². The Morgan fingerprint density at radius 1 is 1.09 bits per heavy atom. The van der Waals surface area contributed by atoms with Crippen LogP contribution >= 0.6 is 11.3 Å². The lowest BCUT2D eigenvalue weighted by atomic mass is 9.95. The van der Waals surface area contributed by atoms with Crippen molar-refractivity contribution in [2.45, 2.75) is 32.9 Å². The van der Waals surface area contributed by atoms with Gasteiger partial charge in [0.15, 0.2) is 0 Å². The van der Waals surface area contributed by atoms with Gasteiger partial charge in [0.2, 0.25) is 5.13 Å². The van der Waals surface area contributed by atoms with E-state index in [1.165, 1.54) is 23.3 Å². The highest BCUT2D eigenvalue weighted by Crippen LogP contribution is 2.43. The zero-order valence-electron chi connectivity index (χ0n) is 18.6. The summed E-state index contributed by atoms with van der Waals surface area (Å²) in [6.07, 6.45) is -0.00167. The van der Waals surface area contributed by atoms with Crippen LogP contribution in [0.4, 0.5) is 5.13 Å². The van der Waals surface area contributed by atoms with Gasteiger partial charge in [0.05, 0.1) is 24.8 Å². The first-order valence-corrected chi connectivity index (χ1v) is 11.1. The molecular formula is C24H23N3O5S. The third kappa shape index (κ3) is 4.31. The maximum Gasteiger partial charge on any atom is 0.301 e. The second-order valence-corrected chi connectivity index (χ2v) is 8.90. The van der Waals surface area contributed by atoms with Gasteiger partial charge in [-0.25, -0.2) is 0 Å². The summed E-state index contributed by atoms with van der Waals surface area (Å²) in [4.78, 5) is 27.5. The number of aliphatic hydroxyl groups is 1. The number of hydrogen-bond donors (Lipinski definition) is 1.